The number of para-hydroxylation sites is 1. The highest BCUT2D eigenvalue weighted by Crippen LogP contribution is 2.27. The van der Waals surface area contributed by atoms with Crippen LogP contribution in [0.1, 0.15) is 19.8 Å². The molecule has 0 aromatic heterocycles. The molecule has 27 heavy (non-hydrogen) atoms. The molecule has 1 aliphatic rings. The lowest BCUT2D eigenvalue weighted by Gasteiger charge is -2.31. The number of carbonyl (C=O) groups excluding carboxylic acids is 2. The smallest absolute Gasteiger partial charge is 0.309 e. The predicted molar refractivity (Wildman–Crippen MR) is 105 cm³/mol. The molecule has 2 aromatic rings. The summed E-state index contributed by atoms with van der Waals surface area (Å²) in [5.74, 6) is -0.166. The molecule has 1 fully saturated rings. The summed E-state index contributed by atoms with van der Waals surface area (Å²) in [6.07, 6.45) is 1.53. The van der Waals surface area contributed by atoms with Gasteiger partial charge in [-0.25, -0.2) is 0 Å². The van der Waals surface area contributed by atoms with Crippen LogP contribution in [0.25, 0.3) is 11.1 Å². The molecule has 1 amide bonds. The number of benzene rings is 2. The number of rotatable bonds is 5. The molecule has 1 aliphatic heterocycles. The third-order valence-electron chi connectivity index (χ3n) is 5.44. The number of anilines is 1. The molecule has 0 bridgehead atoms. The maximum Gasteiger partial charge on any atom is 0.309 e. The number of likely N-dealkylation sites (tertiary alicyclic amines) is 1. The number of esters is 1. The molecular weight excluding hydrogens is 340 g/mol. The summed E-state index contributed by atoms with van der Waals surface area (Å²) >= 11 is 0. The van der Waals surface area contributed by atoms with Crippen LogP contribution in [-0.2, 0) is 14.3 Å². The number of ether oxygens (including phenoxy) is 1. The number of quaternary nitrogens is 1. The Morgan fingerprint density at radius 3 is 2.33 bits per heavy atom. The van der Waals surface area contributed by atoms with E-state index in [2.05, 4.69) is 5.32 Å². The number of methoxy groups -OCH3 is 1. The Morgan fingerprint density at radius 2 is 1.67 bits per heavy atom. The Kier molecular flexibility index (Phi) is 6.24. The van der Waals surface area contributed by atoms with Gasteiger partial charge in [-0.1, -0.05) is 48.5 Å². The molecule has 5 nitrogen and oxygen atoms in total. The van der Waals surface area contributed by atoms with E-state index in [1.54, 1.807) is 0 Å². The van der Waals surface area contributed by atoms with Crippen molar-refractivity contribution in [2.75, 3.05) is 25.5 Å². The van der Waals surface area contributed by atoms with Crippen molar-refractivity contribution in [1.29, 1.82) is 0 Å². The van der Waals surface area contributed by atoms with Crippen molar-refractivity contribution in [2.45, 2.75) is 25.8 Å². The third kappa shape index (κ3) is 4.55. The lowest BCUT2D eigenvalue weighted by Crippen LogP contribution is -3.17. The minimum Gasteiger partial charge on any atom is -0.469 e. The van der Waals surface area contributed by atoms with Crippen LogP contribution in [0.5, 0.6) is 0 Å². The van der Waals surface area contributed by atoms with Gasteiger partial charge in [-0.05, 0) is 18.6 Å². The zero-order valence-electron chi connectivity index (χ0n) is 15.9. The van der Waals surface area contributed by atoms with Gasteiger partial charge >= 0.3 is 5.97 Å². The van der Waals surface area contributed by atoms with E-state index in [0.29, 0.717) is 0 Å². The molecule has 3 rings (SSSR count). The fraction of sp³-hybridized carbons (Fsp3) is 0.364. The molecule has 0 spiro atoms. The second kappa shape index (κ2) is 8.82. The summed E-state index contributed by atoms with van der Waals surface area (Å²) in [6.45, 7) is 3.55. The van der Waals surface area contributed by atoms with Crippen LogP contribution >= 0.6 is 0 Å². The molecule has 142 valence electrons. The first-order valence-electron chi connectivity index (χ1n) is 9.48. The van der Waals surface area contributed by atoms with Gasteiger partial charge in [0.05, 0.1) is 26.1 Å². The second-order valence-electron chi connectivity index (χ2n) is 7.08. The monoisotopic (exact) mass is 367 g/mol. The minimum atomic E-state index is -0.174. The number of piperidine rings is 1. The Hall–Kier alpha value is -2.66. The number of hydrogen-bond acceptors (Lipinski definition) is 3. The highest BCUT2D eigenvalue weighted by Gasteiger charge is 2.33. The van der Waals surface area contributed by atoms with Gasteiger partial charge in [0.1, 0.15) is 0 Å². The van der Waals surface area contributed by atoms with Gasteiger partial charge in [0.15, 0.2) is 6.04 Å². The predicted octanol–water partition coefficient (Wildman–Crippen LogP) is 2.15. The standard InChI is InChI=1S/C22H26N2O3/c1-16(24-14-12-18(13-15-24)22(26)27-2)21(25)23-20-11-7-6-10-19(20)17-8-4-3-5-9-17/h3-11,16,18H,12-15H2,1-2H3,(H,23,25)/p+1/t16-/m0/s1. The van der Waals surface area contributed by atoms with E-state index < -0.39 is 0 Å². The molecule has 5 heteroatoms. The second-order valence-corrected chi connectivity index (χ2v) is 7.08. The van der Waals surface area contributed by atoms with Crippen LogP contribution in [-0.4, -0.2) is 38.1 Å². The molecule has 1 saturated heterocycles. The van der Waals surface area contributed by atoms with Gasteiger partial charge in [0.25, 0.3) is 5.91 Å². The first-order chi connectivity index (χ1) is 13.1. The molecule has 0 unspecified atom stereocenters. The van der Waals surface area contributed by atoms with Crippen molar-refractivity contribution in [1.82, 2.24) is 0 Å². The summed E-state index contributed by atoms with van der Waals surface area (Å²) in [5.41, 5.74) is 2.91. The first-order valence-corrected chi connectivity index (χ1v) is 9.48. The van der Waals surface area contributed by atoms with E-state index >= 15 is 0 Å². The Balaban J connectivity index is 1.65. The minimum absolute atomic E-state index is 0.00454. The van der Waals surface area contributed by atoms with E-state index in [1.165, 1.54) is 12.0 Å². The topological polar surface area (TPSA) is 59.8 Å². The van der Waals surface area contributed by atoms with Gasteiger partial charge in [-0.3, -0.25) is 9.59 Å². The average Bonchev–Trinajstić information content (AvgIpc) is 2.73. The SMILES string of the molecule is COC(=O)C1CC[NH+]([C@@H](C)C(=O)Nc2ccccc2-c2ccccc2)CC1. The summed E-state index contributed by atoms with van der Waals surface area (Å²) in [7, 11) is 1.43. The lowest BCUT2D eigenvalue weighted by atomic mass is 9.96. The van der Waals surface area contributed by atoms with Crippen LogP contribution < -0.4 is 10.2 Å². The van der Waals surface area contributed by atoms with Gasteiger partial charge in [-0.15, -0.1) is 0 Å². The van der Waals surface area contributed by atoms with E-state index in [9.17, 15) is 9.59 Å². The summed E-state index contributed by atoms with van der Waals surface area (Å²) in [6, 6.07) is 17.7. The van der Waals surface area contributed by atoms with Gasteiger partial charge < -0.3 is 15.0 Å². The van der Waals surface area contributed by atoms with Crippen molar-refractivity contribution >= 4 is 17.6 Å². The molecule has 0 radical (unpaired) electrons. The number of carbonyl (C=O) groups is 2. The highest BCUT2D eigenvalue weighted by atomic mass is 16.5. The molecule has 2 N–H and O–H groups in total. The van der Waals surface area contributed by atoms with Crippen LogP contribution in [0.4, 0.5) is 5.69 Å². The lowest BCUT2D eigenvalue weighted by molar-refractivity contribution is -0.919. The molecule has 1 heterocycles. The Labute approximate surface area is 160 Å². The maximum absolute atomic E-state index is 12.8. The van der Waals surface area contributed by atoms with Crippen molar-refractivity contribution in [3.63, 3.8) is 0 Å². The Bertz CT molecular complexity index is 783. The van der Waals surface area contributed by atoms with Crippen LogP contribution in [0.2, 0.25) is 0 Å². The molecular formula is C22H27N2O3+. The van der Waals surface area contributed by atoms with E-state index in [0.717, 1.165) is 42.7 Å². The van der Waals surface area contributed by atoms with Crippen molar-refractivity contribution < 1.29 is 19.2 Å². The summed E-state index contributed by atoms with van der Waals surface area (Å²) < 4.78 is 4.84. The van der Waals surface area contributed by atoms with E-state index in [-0.39, 0.29) is 23.8 Å². The van der Waals surface area contributed by atoms with Gasteiger partial charge in [0, 0.05) is 24.1 Å². The number of hydrogen-bond donors (Lipinski definition) is 2. The van der Waals surface area contributed by atoms with Gasteiger partial charge in [0.2, 0.25) is 0 Å². The zero-order chi connectivity index (χ0) is 19.2. The summed E-state index contributed by atoms with van der Waals surface area (Å²) in [4.78, 5) is 25.7. The molecule has 0 aliphatic carbocycles. The maximum atomic E-state index is 12.8. The normalized spacial score (nSPS) is 20.5. The van der Waals surface area contributed by atoms with Crippen LogP contribution in [0, 0.1) is 5.92 Å². The van der Waals surface area contributed by atoms with Crippen LogP contribution in [0.15, 0.2) is 54.6 Å². The Morgan fingerprint density at radius 1 is 1.04 bits per heavy atom. The van der Waals surface area contributed by atoms with Crippen molar-refractivity contribution in [2.24, 2.45) is 5.92 Å². The van der Waals surface area contributed by atoms with Crippen molar-refractivity contribution in [3.8, 4) is 11.1 Å². The fourth-order valence-electron chi connectivity index (χ4n) is 3.71. The summed E-state index contributed by atoms with van der Waals surface area (Å²) in [5, 5.41) is 3.10. The zero-order valence-corrected chi connectivity index (χ0v) is 15.9. The first kappa shape index (κ1) is 19.1. The molecule has 1 atom stereocenters. The molecule has 2 aromatic carbocycles. The third-order valence-corrected chi connectivity index (χ3v) is 5.44. The quantitative estimate of drug-likeness (QED) is 0.796. The van der Waals surface area contributed by atoms with Crippen molar-refractivity contribution in [3.05, 3.63) is 54.6 Å². The fourth-order valence-corrected chi connectivity index (χ4v) is 3.71. The highest BCUT2D eigenvalue weighted by molar-refractivity contribution is 5.97. The van der Waals surface area contributed by atoms with E-state index in [1.807, 2.05) is 61.5 Å². The van der Waals surface area contributed by atoms with Gasteiger partial charge in [-0.2, -0.15) is 0 Å². The number of nitrogens with one attached hydrogen (secondary N) is 2. The largest absolute Gasteiger partial charge is 0.469 e. The average molecular weight is 367 g/mol. The van der Waals surface area contributed by atoms with Crippen LogP contribution in [0.3, 0.4) is 0 Å². The van der Waals surface area contributed by atoms with E-state index in [4.69, 9.17) is 4.74 Å². The molecule has 0 saturated carbocycles. The number of amides is 1.